The van der Waals surface area contributed by atoms with Gasteiger partial charge >= 0.3 is 5.97 Å². The molecule has 0 aromatic heterocycles. The number of hydrogen-bond donors (Lipinski definition) is 1. The molecule has 120 valence electrons. The fourth-order valence-corrected chi connectivity index (χ4v) is 3.63. The molecule has 0 unspecified atom stereocenters. The van der Waals surface area contributed by atoms with E-state index < -0.39 is 12.2 Å². The van der Waals surface area contributed by atoms with Crippen LogP contribution in [0.3, 0.4) is 0 Å². The molecule has 0 saturated heterocycles. The maximum Gasteiger partial charge on any atom is 0.303 e. The molecule has 0 bridgehead atoms. The Kier molecular flexibility index (Phi) is 4.77. The smallest absolute Gasteiger partial charge is 0.303 e. The number of ether oxygens (including phenoxy) is 1. The lowest BCUT2D eigenvalue weighted by Gasteiger charge is -2.40. The first kappa shape index (κ1) is 15.8. The molecule has 3 rings (SSSR count). The first-order valence-corrected chi connectivity index (χ1v) is 8.12. The molecule has 0 spiro atoms. The zero-order valence-electron chi connectivity index (χ0n) is 13.3. The fraction of sp³-hybridized carbons (Fsp3) is 0.350. The van der Waals surface area contributed by atoms with Gasteiger partial charge in [0, 0.05) is 18.8 Å². The quantitative estimate of drug-likeness (QED) is 0.880. The molecule has 23 heavy (non-hydrogen) atoms. The topological polar surface area (TPSA) is 46.5 Å². The number of carbonyl (C=O) groups is 1. The van der Waals surface area contributed by atoms with Crippen LogP contribution in [0.1, 0.15) is 42.7 Å². The first-order valence-electron chi connectivity index (χ1n) is 8.12. The molecule has 3 heteroatoms. The number of rotatable bonds is 3. The summed E-state index contributed by atoms with van der Waals surface area (Å²) < 4.78 is 5.53. The van der Waals surface area contributed by atoms with E-state index in [-0.39, 0.29) is 17.8 Å². The standard InChI is InChI=1S/C20H22O3/c1-14(21)23-20-18(16-10-6-3-7-11-16)13-12-17(19(20)22)15-8-4-2-5-9-15/h2-11,17-20,22H,12-13H2,1H3/t17-,18-,19+,20+/m1/s1. The number of carbonyl (C=O) groups excluding carboxylic acids is 1. The van der Waals surface area contributed by atoms with E-state index in [2.05, 4.69) is 0 Å². The second-order valence-electron chi connectivity index (χ2n) is 6.18. The van der Waals surface area contributed by atoms with Gasteiger partial charge in [-0.05, 0) is 24.0 Å². The molecule has 1 fully saturated rings. The van der Waals surface area contributed by atoms with Gasteiger partial charge in [-0.2, -0.15) is 0 Å². The van der Waals surface area contributed by atoms with Crippen molar-refractivity contribution in [1.29, 1.82) is 0 Å². The maximum absolute atomic E-state index is 11.5. The van der Waals surface area contributed by atoms with Gasteiger partial charge in [0.25, 0.3) is 0 Å². The molecule has 0 heterocycles. The van der Waals surface area contributed by atoms with Crippen LogP contribution in [0.5, 0.6) is 0 Å². The van der Waals surface area contributed by atoms with Crippen LogP contribution in [0.25, 0.3) is 0 Å². The van der Waals surface area contributed by atoms with E-state index in [1.54, 1.807) is 0 Å². The number of aliphatic hydroxyl groups is 1. The number of aliphatic hydroxyl groups excluding tert-OH is 1. The van der Waals surface area contributed by atoms with Gasteiger partial charge < -0.3 is 9.84 Å². The molecular weight excluding hydrogens is 288 g/mol. The molecule has 0 amide bonds. The Morgan fingerprint density at radius 2 is 1.39 bits per heavy atom. The highest BCUT2D eigenvalue weighted by Gasteiger charge is 2.41. The minimum absolute atomic E-state index is 0.000474. The Labute approximate surface area is 136 Å². The second-order valence-corrected chi connectivity index (χ2v) is 6.18. The summed E-state index contributed by atoms with van der Waals surface area (Å²) in [6.45, 7) is 1.40. The van der Waals surface area contributed by atoms with Crippen LogP contribution < -0.4 is 0 Å². The summed E-state index contributed by atoms with van der Waals surface area (Å²) in [4.78, 5) is 11.5. The average Bonchev–Trinajstić information content (AvgIpc) is 2.58. The Hall–Kier alpha value is -2.13. The van der Waals surface area contributed by atoms with Crippen molar-refractivity contribution in [3.8, 4) is 0 Å². The summed E-state index contributed by atoms with van der Waals surface area (Å²) in [6, 6.07) is 20.0. The normalized spacial score (nSPS) is 27.4. The van der Waals surface area contributed by atoms with E-state index >= 15 is 0 Å². The zero-order valence-corrected chi connectivity index (χ0v) is 13.3. The van der Waals surface area contributed by atoms with Crippen LogP contribution in [0.4, 0.5) is 0 Å². The largest absolute Gasteiger partial charge is 0.459 e. The molecule has 1 aliphatic carbocycles. The van der Waals surface area contributed by atoms with Crippen molar-refractivity contribution in [1.82, 2.24) is 0 Å². The van der Waals surface area contributed by atoms with Gasteiger partial charge in [0.1, 0.15) is 6.10 Å². The van der Waals surface area contributed by atoms with E-state index in [1.165, 1.54) is 6.92 Å². The Morgan fingerprint density at radius 1 is 0.913 bits per heavy atom. The van der Waals surface area contributed by atoms with Gasteiger partial charge in [-0.15, -0.1) is 0 Å². The van der Waals surface area contributed by atoms with Crippen molar-refractivity contribution in [2.75, 3.05) is 0 Å². The van der Waals surface area contributed by atoms with Crippen molar-refractivity contribution in [3.63, 3.8) is 0 Å². The minimum Gasteiger partial charge on any atom is -0.459 e. The predicted octanol–water partition coefficient (Wildman–Crippen LogP) is 3.64. The van der Waals surface area contributed by atoms with Gasteiger partial charge in [0.05, 0.1) is 6.10 Å². The molecule has 2 aromatic rings. The Morgan fingerprint density at radius 3 is 1.91 bits per heavy atom. The molecule has 0 radical (unpaired) electrons. The summed E-state index contributed by atoms with van der Waals surface area (Å²) in [7, 11) is 0. The maximum atomic E-state index is 11.5. The highest BCUT2D eigenvalue weighted by Crippen LogP contribution is 2.42. The molecule has 4 atom stereocenters. The Bertz CT molecular complexity index is 638. The third-order valence-electron chi connectivity index (χ3n) is 4.69. The van der Waals surface area contributed by atoms with Crippen LogP contribution >= 0.6 is 0 Å². The molecular formula is C20H22O3. The summed E-state index contributed by atoms with van der Waals surface area (Å²) in [5, 5.41) is 10.9. The third-order valence-corrected chi connectivity index (χ3v) is 4.69. The van der Waals surface area contributed by atoms with Crippen molar-refractivity contribution >= 4 is 5.97 Å². The highest BCUT2D eigenvalue weighted by molar-refractivity contribution is 5.66. The fourth-order valence-electron chi connectivity index (χ4n) is 3.63. The van der Waals surface area contributed by atoms with Crippen molar-refractivity contribution in [3.05, 3.63) is 71.8 Å². The third kappa shape index (κ3) is 3.45. The second kappa shape index (κ2) is 6.97. The molecule has 2 aromatic carbocycles. The SMILES string of the molecule is CC(=O)O[C@@H]1[C@@H](O)[C@@H](c2ccccc2)CC[C@@H]1c1ccccc1. The van der Waals surface area contributed by atoms with Crippen molar-refractivity contribution < 1.29 is 14.6 Å². The summed E-state index contributed by atoms with van der Waals surface area (Å²) in [6.07, 6.45) is 0.565. The van der Waals surface area contributed by atoms with Crippen LogP contribution in [0.15, 0.2) is 60.7 Å². The molecule has 3 nitrogen and oxygen atoms in total. The van der Waals surface area contributed by atoms with Crippen molar-refractivity contribution in [2.24, 2.45) is 0 Å². The van der Waals surface area contributed by atoms with E-state index in [0.717, 1.165) is 24.0 Å². The molecule has 1 saturated carbocycles. The van der Waals surface area contributed by atoms with Gasteiger partial charge in [0.15, 0.2) is 0 Å². The zero-order chi connectivity index (χ0) is 16.2. The highest BCUT2D eigenvalue weighted by atomic mass is 16.6. The number of hydrogen-bond acceptors (Lipinski definition) is 3. The first-order chi connectivity index (χ1) is 11.2. The molecule has 1 aliphatic rings. The van der Waals surface area contributed by atoms with Gasteiger partial charge in [-0.1, -0.05) is 60.7 Å². The van der Waals surface area contributed by atoms with Crippen LogP contribution in [-0.4, -0.2) is 23.3 Å². The lowest BCUT2D eigenvalue weighted by atomic mass is 9.72. The number of benzene rings is 2. The van der Waals surface area contributed by atoms with Gasteiger partial charge in [0.2, 0.25) is 0 Å². The lowest BCUT2D eigenvalue weighted by molar-refractivity contribution is -0.158. The summed E-state index contributed by atoms with van der Waals surface area (Å²) in [5.74, 6) is -0.306. The number of esters is 1. The Balaban J connectivity index is 1.89. The summed E-state index contributed by atoms with van der Waals surface area (Å²) >= 11 is 0. The van der Waals surface area contributed by atoms with E-state index in [9.17, 15) is 9.90 Å². The van der Waals surface area contributed by atoms with E-state index in [4.69, 9.17) is 4.74 Å². The monoisotopic (exact) mass is 310 g/mol. The summed E-state index contributed by atoms with van der Waals surface area (Å²) in [5.41, 5.74) is 2.22. The average molecular weight is 310 g/mol. The predicted molar refractivity (Wildman–Crippen MR) is 89.2 cm³/mol. The van der Waals surface area contributed by atoms with Crippen molar-refractivity contribution in [2.45, 2.75) is 43.8 Å². The van der Waals surface area contributed by atoms with E-state index in [0.29, 0.717) is 0 Å². The van der Waals surface area contributed by atoms with Gasteiger partial charge in [-0.25, -0.2) is 0 Å². The van der Waals surface area contributed by atoms with Crippen LogP contribution in [0.2, 0.25) is 0 Å². The lowest BCUT2D eigenvalue weighted by Crippen LogP contribution is -2.43. The molecule has 0 aliphatic heterocycles. The van der Waals surface area contributed by atoms with Gasteiger partial charge in [-0.3, -0.25) is 4.79 Å². The van der Waals surface area contributed by atoms with Crippen LogP contribution in [0, 0.1) is 0 Å². The van der Waals surface area contributed by atoms with E-state index in [1.807, 2.05) is 60.7 Å². The molecule has 1 N–H and O–H groups in total. The van der Waals surface area contributed by atoms with Crippen LogP contribution in [-0.2, 0) is 9.53 Å². The minimum atomic E-state index is -0.694.